The number of carbonyl (C=O) groups is 1. The Balaban J connectivity index is 2.27. The maximum Gasteiger partial charge on any atom is 0.217 e. The fourth-order valence-corrected chi connectivity index (χ4v) is 0.838. The number of H-pyrrole nitrogens is 1. The predicted molar refractivity (Wildman–Crippen MR) is 48.5 cm³/mol. The highest BCUT2D eigenvalue weighted by molar-refractivity contribution is 5.73. The van der Waals surface area contributed by atoms with E-state index in [2.05, 4.69) is 10.3 Å². The van der Waals surface area contributed by atoms with E-state index in [9.17, 15) is 4.79 Å². The quantitative estimate of drug-likeness (QED) is 0.692. The second-order valence-electron chi connectivity index (χ2n) is 2.48. The zero-order chi connectivity index (χ0) is 8.81. The third-order valence-electron chi connectivity index (χ3n) is 1.40. The number of rotatable bonds is 3. The minimum atomic E-state index is -0.00582. The van der Waals surface area contributed by atoms with E-state index in [1.807, 2.05) is 30.6 Å². The van der Waals surface area contributed by atoms with E-state index in [-0.39, 0.29) is 5.91 Å². The van der Waals surface area contributed by atoms with Crippen molar-refractivity contribution in [2.24, 2.45) is 0 Å². The second-order valence-corrected chi connectivity index (χ2v) is 2.48. The van der Waals surface area contributed by atoms with Crippen LogP contribution in [0.1, 0.15) is 12.5 Å². The number of hydrogen-bond acceptors (Lipinski definition) is 1. The number of nitrogens with one attached hydrogen (secondary N) is 2. The summed E-state index contributed by atoms with van der Waals surface area (Å²) in [6.45, 7) is 2.09. The van der Waals surface area contributed by atoms with Crippen LogP contribution in [-0.2, 0) is 4.79 Å². The first-order chi connectivity index (χ1) is 5.79. The topological polar surface area (TPSA) is 44.9 Å². The summed E-state index contributed by atoms with van der Waals surface area (Å²) in [4.78, 5) is 13.4. The molecule has 1 rings (SSSR count). The van der Waals surface area contributed by atoms with Gasteiger partial charge in [-0.05, 0) is 11.6 Å². The molecule has 1 aromatic heterocycles. The molecule has 0 saturated heterocycles. The molecule has 0 unspecified atom stereocenters. The molecule has 0 spiro atoms. The Morgan fingerprint density at radius 1 is 1.75 bits per heavy atom. The molecule has 0 aromatic carbocycles. The molecule has 1 aromatic rings. The minimum absolute atomic E-state index is 0.00582. The average molecular weight is 164 g/mol. The lowest BCUT2D eigenvalue weighted by Crippen LogP contribution is -2.19. The van der Waals surface area contributed by atoms with Crippen LogP contribution in [0.15, 0.2) is 24.5 Å². The molecule has 12 heavy (non-hydrogen) atoms. The van der Waals surface area contributed by atoms with Crippen LogP contribution in [0.3, 0.4) is 0 Å². The standard InChI is InChI=1S/C9H12N2O/c1-8(12)11-5-2-3-9-4-6-10-7-9/h2-4,6-7,10H,5H2,1H3,(H,11,12). The Hall–Kier alpha value is -1.51. The molecule has 1 amide bonds. The SMILES string of the molecule is CC(=O)NCC=Cc1cc[nH]c1. The lowest BCUT2D eigenvalue weighted by atomic mass is 10.3. The molecule has 64 valence electrons. The van der Waals surface area contributed by atoms with E-state index >= 15 is 0 Å². The van der Waals surface area contributed by atoms with Gasteiger partial charge in [-0.15, -0.1) is 0 Å². The highest BCUT2D eigenvalue weighted by Gasteiger charge is 1.85. The van der Waals surface area contributed by atoms with E-state index < -0.39 is 0 Å². The molecule has 3 heteroatoms. The van der Waals surface area contributed by atoms with Crippen LogP contribution in [0.4, 0.5) is 0 Å². The number of hydrogen-bond donors (Lipinski definition) is 2. The van der Waals surface area contributed by atoms with Gasteiger partial charge in [0.05, 0.1) is 0 Å². The van der Waals surface area contributed by atoms with Gasteiger partial charge in [0.1, 0.15) is 0 Å². The first-order valence-electron chi connectivity index (χ1n) is 3.83. The summed E-state index contributed by atoms with van der Waals surface area (Å²) in [5, 5.41) is 2.67. The van der Waals surface area contributed by atoms with Crippen molar-refractivity contribution in [2.75, 3.05) is 6.54 Å². The molecule has 0 radical (unpaired) electrons. The van der Waals surface area contributed by atoms with Gasteiger partial charge < -0.3 is 10.3 Å². The smallest absolute Gasteiger partial charge is 0.217 e. The van der Waals surface area contributed by atoms with Crippen molar-refractivity contribution >= 4 is 12.0 Å². The third kappa shape index (κ3) is 3.05. The first-order valence-corrected chi connectivity index (χ1v) is 3.83. The van der Waals surface area contributed by atoms with E-state index in [1.54, 1.807) is 0 Å². The lowest BCUT2D eigenvalue weighted by Gasteiger charge is -1.93. The van der Waals surface area contributed by atoms with Crippen molar-refractivity contribution < 1.29 is 4.79 Å². The second kappa shape index (κ2) is 4.38. The molecule has 1 heterocycles. The molecule has 3 nitrogen and oxygen atoms in total. The molecule has 0 aliphatic rings. The number of aromatic amines is 1. The summed E-state index contributed by atoms with van der Waals surface area (Å²) in [5.74, 6) is -0.00582. The molecule has 0 fully saturated rings. The fourth-order valence-electron chi connectivity index (χ4n) is 0.838. The molecule has 0 bridgehead atoms. The molecular formula is C9H12N2O. The molecule has 0 atom stereocenters. The van der Waals surface area contributed by atoms with Crippen molar-refractivity contribution in [3.63, 3.8) is 0 Å². The van der Waals surface area contributed by atoms with Gasteiger partial charge in [0, 0.05) is 25.9 Å². The number of aromatic nitrogens is 1. The van der Waals surface area contributed by atoms with Gasteiger partial charge in [0.15, 0.2) is 0 Å². The third-order valence-corrected chi connectivity index (χ3v) is 1.40. The van der Waals surface area contributed by atoms with Gasteiger partial charge in [0.2, 0.25) is 5.91 Å². The molecule has 2 N–H and O–H groups in total. The van der Waals surface area contributed by atoms with Crippen LogP contribution >= 0.6 is 0 Å². The van der Waals surface area contributed by atoms with Crippen molar-refractivity contribution in [1.29, 1.82) is 0 Å². The Morgan fingerprint density at radius 2 is 2.58 bits per heavy atom. The van der Waals surface area contributed by atoms with Gasteiger partial charge in [0.25, 0.3) is 0 Å². The van der Waals surface area contributed by atoms with Crippen LogP contribution in [0.5, 0.6) is 0 Å². The largest absolute Gasteiger partial charge is 0.367 e. The zero-order valence-corrected chi connectivity index (χ0v) is 7.00. The van der Waals surface area contributed by atoms with E-state index in [1.165, 1.54) is 6.92 Å². The van der Waals surface area contributed by atoms with Gasteiger partial charge in [-0.2, -0.15) is 0 Å². The normalized spacial score (nSPS) is 10.4. The Kier molecular flexibility index (Phi) is 3.14. The van der Waals surface area contributed by atoms with Crippen molar-refractivity contribution in [3.05, 3.63) is 30.1 Å². The van der Waals surface area contributed by atoms with Crippen LogP contribution < -0.4 is 5.32 Å². The van der Waals surface area contributed by atoms with E-state index in [4.69, 9.17) is 0 Å². The van der Waals surface area contributed by atoms with Crippen LogP contribution in [0.25, 0.3) is 6.08 Å². The summed E-state index contributed by atoms with van der Waals surface area (Å²) >= 11 is 0. The summed E-state index contributed by atoms with van der Waals surface area (Å²) < 4.78 is 0. The highest BCUT2D eigenvalue weighted by Crippen LogP contribution is 1.97. The summed E-state index contributed by atoms with van der Waals surface area (Å²) in [5.41, 5.74) is 1.11. The fraction of sp³-hybridized carbons (Fsp3) is 0.222. The first kappa shape index (κ1) is 8.59. The van der Waals surface area contributed by atoms with Crippen LogP contribution in [0.2, 0.25) is 0 Å². The molecule has 0 aliphatic heterocycles. The molecule has 0 saturated carbocycles. The van der Waals surface area contributed by atoms with E-state index in [0.717, 1.165) is 5.56 Å². The lowest BCUT2D eigenvalue weighted by molar-refractivity contribution is -0.118. The predicted octanol–water partition coefficient (Wildman–Crippen LogP) is 1.16. The number of amides is 1. The zero-order valence-electron chi connectivity index (χ0n) is 7.00. The summed E-state index contributed by atoms with van der Waals surface area (Å²) in [6.07, 6.45) is 7.61. The van der Waals surface area contributed by atoms with Gasteiger partial charge in [-0.1, -0.05) is 12.2 Å². The van der Waals surface area contributed by atoms with Gasteiger partial charge in [-0.3, -0.25) is 4.79 Å². The monoisotopic (exact) mass is 164 g/mol. The Labute approximate surface area is 71.5 Å². The van der Waals surface area contributed by atoms with E-state index in [0.29, 0.717) is 6.54 Å². The van der Waals surface area contributed by atoms with Crippen molar-refractivity contribution in [2.45, 2.75) is 6.92 Å². The summed E-state index contributed by atoms with van der Waals surface area (Å²) in [6, 6.07) is 1.96. The maximum atomic E-state index is 10.5. The van der Waals surface area contributed by atoms with Gasteiger partial charge >= 0.3 is 0 Å². The maximum absolute atomic E-state index is 10.5. The Morgan fingerprint density at radius 3 is 3.17 bits per heavy atom. The van der Waals surface area contributed by atoms with Crippen molar-refractivity contribution in [1.82, 2.24) is 10.3 Å². The van der Waals surface area contributed by atoms with Crippen LogP contribution in [-0.4, -0.2) is 17.4 Å². The Bertz CT molecular complexity index is 262. The highest BCUT2D eigenvalue weighted by atomic mass is 16.1. The average Bonchev–Trinajstić information content (AvgIpc) is 2.49. The van der Waals surface area contributed by atoms with Gasteiger partial charge in [-0.25, -0.2) is 0 Å². The number of carbonyl (C=O) groups excluding carboxylic acids is 1. The van der Waals surface area contributed by atoms with Crippen molar-refractivity contribution in [3.8, 4) is 0 Å². The molecular weight excluding hydrogens is 152 g/mol. The minimum Gasteiger partial charge on any atom is -0.367 e. The van der Waals surface area contributed by atoms with Crippen LogP contribution in [0, 0.1) is 0 Å². The summed E-state index contributed by atoms with van der Waals surface area (Å²) in [7, 11) is 0. The molecule has 0 aliphatic carbocycles.